The van der Waals surface area contributed by atoms with E-state index in [1.807, 2.05) is 12.5 Å². The maximum absolute atomic E-state index is 5.68. The Kier molecular flexibility index (Phi) is 3.38. The predicted octanol–water partition coefficient (Wildman–Crippen LogP) is 0.684. The first-order chi connectivity index (χ1) is 7.33. The van der Waals surface area contributed by atoms with E-state index in [4.69, 9.17) is 5.73 Å². The van der Waals surface area contributed by atoms with Crippen molar-refractivity contribution in [3.63, 3.8) is 0 Å². The van der Waals surface area contributed by atoms with E-state index < -0.39 is 0 Å². The van der Waals surface area contributed by atoms with Crippen LogP contribution in [0.25, 0.3) is 0 Å². The topological polar surface area (TPSA) is 47.1 Å². The van der Waals surface area contributed by atoms with Crippen molar-refractivity contribution in [3.05, 3.63) is 18.2 Å². The molecule has 0 aromatic carbocycles. The molecule has 1 aliphatic rings. The Morgan fingerprint density at radius 3 is 3.13 bits per heavy atom. The molecule has 1 unspecified atom stereocenters. The van der Waals surface area contributed by atoms with E-state index in [9.17, 15) is 0 Å². The lowest BCUT2D eigenvalue weighted by Crippen LogP contribution is -2.23. The fourth-order valence-corrected chi connectivity index (χ4v) is 2.24. The lowest BCUT2D eigenvalue weighted by Gasteiger charge is -2.16. The van der Waals surface area contributed by atoms with Gasteiger partial charge in [0.1, 0.15) is 0 Å². The third kappa shape index (κ3) is 2.38. The zero-order valence-electron chi connectivity index (χ0n) is 9.39. The van der Waals surface area contributed by atoms with E-state index in [0.29, 0.717) is 5.92 Å². The molecule has 2 heterocycles. The first kappa shape index (κ1) is 10.6. The number of hydrogen-bond acceptors (Lipinski definition) is 3. The molecular weight excluding hydrogens is 188 g/mol. The van der Waals surface area contributed by atoms with Gasteiger partial charge in [0.15, 0.2) is 0 Å². The summed E-state index contributed by atoms with van der Waals surface area (Å²) in [6.07, 6.45) is 5.13. The maximum atomic E-state index is 5.68. The Morgan fingerprint density at radius 2 is 2.47 bits per heavy atom. The monoisotopic (exact) mass is 208 g/mol. The van der Waals surface area contributed by atoms with Gasteiger partial charge in [0.25, 0.3) is 0 Å². The van der Waals surface area contributed by atoms with Crippen molar-refractivity contribution in [2.45, 2.75) is 26.4 Å². The van der Waals surface area contributed by atoms with Crippen LogP contribution in [0.1, 0.15) is 19.0 Å². The number of nitrogens with two attached hydrogens (primary N) is 1. The molecular formula is C11H20N4. The number of nitrogens with zero attached hydrogens (tertiary/aromatic N) is 3. The fourth-order valence-electron chi connectivity index (χ4n) is 2.24. The van der Waals surface area contributed by atoms with Crippen LogP contribution >= 0.6 is 0 Å². The number of likely N-dealkylation sites (tertiary alicyclic amines) is 1. The van der Waals surface area contributed by atoms with Crippen LogP contribution < -0.4 is 5.73 Å². The van der Waals surface area contributed by atoms with Crippen molar-refractivity contribution in [3.8, 4) is 0 Å². The number of aromatic nitrogens is 2. The minimum absolute atomic E-state index is 0.697. The fraction of sp³-hybridized carbons (Fsp3) is 0.727. The van der Waals surface area contributed by atoms with Gasteiger partial charge in [-0.05, 0) is 32.4 Å². The third-order valence-corrected chi connectivity index (χ3v) is 3.23. The molecule has 1 aromatic heterocycles. The second kappa shape index (κ2) is 4.77. The quantitative estimate of drug-likeness (QED) is 0.791. The summed E-state index contributed by atoms with van der Waals surface area (Å²) in [5.74, 6) is 0.697. The van der Waals surface area contributed by atoms with E-state index in [2.05, 4.69) is 21.4 Å². The summed E-state index contributed by atoms with van der Waals surface area (Å²) in [5, 5.41) is 0. The average Bonchev–Trinajstić information content (AvgIpc) is 2.87. The van der Waals surface area contributed by atoms with Crippen molar-refractivity contribution in [2.75, 3.05) is 19.6 Å². The lowest BCUT2D eigenvalue weighted by atomic mass is 10.1. The van der Waals surface area contributed by atoms with E-state index in [1.165, 1.54) is 18.7 Å². The normalized spacial score (nSPS) is 22.4. The van der Waals surface area contributed by atoms with Gasteiger partial charge in [-0.1, -0.05) is 0 Å². The molecule has 4 heteroatoms. The van der Waals surface area contributed by atoms with E-state index in [-0.39, 0.29) is 0 Å². The van der Waals surface area contributed by atoms with Gasteiger partial charge in [-0.15, -0.1) is 0 Å². The zero-order valence-corrected chi connectivity index (χ0v) is 9.39. The van der Waals surface area contributed by atoms with Gasteiger partial charge in [-0.25, -0.2) is 4.98 Å². The van der Waals surface area contributed by atoms with Gasteiger partial charge in [0, 0.05) is 25.8 Å². The average molecular weight is 208 g/mol. The molecule has 2 N–H and O–H groups in total. The van der Waals surface area contributed by atoms with Gasteiger partial charge in [-0.2, -0.15) is 0 Å². The molecule has 1 aromatic rings. The van der Waals surface area contributed by atoms with Gasteiger partial charge < -0.3 is 10.3 Å². The largest absolute Gasteiger partial charge is 0.334 e. The smallest absolute Gasteiger partial charge is 0.0948 e. The van der Waals surface area contributed by atoms with Crippen LogP contribution in [0.4, 0.5) is 0 Å². The van der Waals surface area contributed by atoms with Crippen LogP contribution in [0, 0.1) is 5.92 Å². The number of hydrogen-bond donors (Lipinski definition) is 1. The molecule has 2 rings (SSSR count). The molecule has 0 saturated carbocycles. The lowest BCUT2D eigenvalue weighted by molar-refractivity contribution is 0.309. The van der Waals surface area contributed by atoms with Crippen molar-refractivity contribution < 1.29 is 0 Å². The van der Waals surface area contributed by atoms with E-state index in [0.717, 1.165) is 26.2 Å². The van der Waals surface area contributed by atoms with E-state index >= 15 is 0 Å². The molecule has 0 radical (unpaired) electrons. The number of imidazole rings is 1. The van der Waals surface area contributed by atoms with Gasteiger partial charge in [-0.3, -0.25) is 4.90 Å². The highest BCUT2D eigenvalue weighted by Crippen LogP contribution is 2.17. The van der Waals surface area contributed by atoms with Crippen molar-refractivity contribution >= 4 is 0 Å². The Morgan fingerprint density at radius 1 is 1.60 bits per heavy atom. The Hall–Kier alpha value is -0.870. The second-order valence-electron chi connectivity index (χ2n) is 4.30. The highest BCUT2D eigenvalue weighted by molar-refractivity contribution is 4.99. The van der Waals surface area contributed by atoms with Gasteiger partial charge >= 0.3 is 0 Å². The summed E-state index contributed by atoms with van der Waals surface area (Å²) in [6.45, 7) is 7.32. The van der Waals surface area contributed by atoms with Crippen LogP contribution in [0.2, 0.25) is 0 Å². The summed E-state index contributed by atoms with van der Waals surface area (Å²) in [7, 11) is 0. The van der Waals surface area contributed by atoms with Crippen LogP contribution in [-0.4, -0.2) is 34.1 Å². The molecule has 0 spiro atoms. The highest BCUT2D eigenvalue weighted by atomic mass is 15.2. The Balaban J connectivity index is 1.92. The van der Waals surface area contributed by atoms with Crippen molar-refractivity contribution in [2.24, 2.45) is 11.7 Å². The minimum atomic E-state index is 0.697. The van der Waals surface area contributed by atoms with Crippen molar-refractivity contribution in [1.82, 2.24) is 14.5 Å². The summed E-state index contributed by atoms with van der Waals surface area (Å²) in [5.41, 5.74) is 7.00. The van der Waals surface area contributed by atoms with Gasteiger partial charge in [0.2, 0.25) is 0 Å². The van der Waals surface area contributed by atoms with Gasteiger partial charge in [0.05, 0.1) is 12.0 Å². The summed E-state index contributed by atoms with van der Waals surface area (Å²) >= 11 is 0. The molecule has 84 valence electrons. The molecule has 1 aliphatic heterocycles. The molecule has 4 nitrogen and oxygen atoms in total. The first-order valence-electron chi connectivity index (χ1n) is 5.75. The molecule has 1 fully saturated rings. The van der Waals surface area contributed by atoms with E-state index in [1.54, 1.807) is 0 Å². The molecule has 1 saturated heterocycles. The summed E-state index contributed by atoms with van der Waals surface area (Å²) < 4.78 is 2.20. The van der Waals surface area contributed by atoms with Crippen LogP contribution in [0.3, 0.4) is 0 Å². The molecule has 0 bridgehead atoms. The summed E-state index contributed by atoms with van der Waals surface area (Å²) in [4.78, 5) is 6.66. The molecule has 0 aliphatic carbocycles. The third-order valence-electron chi connectivity index (χ3n) is 3.23. The molecule has 1 atom stereocenters. The van der Waals surface area contributed by atoms with Crippen LogP contribution in [0.15, 0.2) is 12.5 Å². The van der Waals surface area contributed by atoms with Crippen LogP contribution in [0.5, 0.6) is 0 Å². The van der Waals surface area contributed by atoms with Crippen molar-refractivity contribution in [1.29, 1.82) is 0 Å². The standard InChI is InChI=1S/C11H20N4/c1-2-15-9-13-6-11(15)8-14-4-3-10(5-12)7-14/h6,9-10H,2-5,7-8,12H2,1H3. The highest BCUT2D eigenvalue weighted by Gasteiger charge is 2.21. The Bertz CT molecular complexity index is 307. The maximum Gasteiger partial charge on any atom is 0.0948 e. The van der Waals surface area contributed by atoms with Crippen LogP contribution in [-0.2, 0) is 13.1 Å². The Labute approximate surface area is 91.1 Å². The second-order valence-corrected chi connectivity index (χ2v) is 4.30. The molecule has 15 heavy (non-hydrogen) atoms. The first-order valence-corrected chi connectivity index (χ1v) is 5.75. The number of aryl methyl sites for hydroxylation is 1. The zero-order chi connectivity index (χ0) is 10.7. The minimum Gasteiger partial charge on any atom is -0.334 e. The molecule has 0 amide bonds. The number of rotatable bonds is 4. The SMILES string of the molecule is CCn1cncc1CN1CCC(CN)C1. The summed E-state index contributed by atoms with van der Waals surface area (Å²) in [6, 6.07) is 0. The predicted molar refractivity (Wildman–Crippen MR) is 60.3 cm³/mol.